The Labute approximate surface area is 152 Å². The van der Waals surface area contributed by atoms with E-state index >= 15 is 0 Å². The van der Waals surface area contributed by atoms with Gasteiger partial charge in [0, 0.05) is 24.5 Å². The number of halogens is 1. The van der Waals surface area contributed by atoms with Gasteiger partial charge in [-0.3, -0.25) is 19.3 Å². The van der Waals surface area contributed by atoms with Gasteiger partial charge in [-0.15, -0.1) is 0 Å². The Balaban J connectivity index is 1.42. The average Bonchev–Trinajstić information content (AvgIpc) is 2.86. The molecule has 0 unspecified atom stereocenters. The van der Waals surface area contributed by atoms with Crippen molar-refractivity contribution in [1.29, 1.82) is 0 Å². The van der Waals surface area contributed by atoms with Gasteiger partial charge < -0.3 is 5.32 Å². The van der Waals surface area contributed by atoms with E-state index in [4.69, 9.17) is 11.6 Å². The Bertz CT molecular complexity index is 635. The molecule has 3 rings (SSSR count). The van der Waals surface area contributed by atoms with Crippen LogP contribution in [-0.2, 0) is 20.8 Å². The molecular formula is C19H23ClN2O3. The summed E-state index contributed by atoms with van der Waals surface area (Å²) in [6, 6.07) is 7.50. The lowest BCUT2D eigenvalue weighted by atomic mass is 9.81. The summed E-state index contributed by atoms with van der Waals surface area (Å²) in [5, 5.41) is 3.53. The van der Waals surface area contributed by atoms with Crippen LogP contribution in [-0.4, -0.2) is 35.7 Å². The molecule has 1 aromatic carbocycles. The first-order valence-corrected chi connectivity index (χ1v) is 9.30. The van der Waals surface area contributed by atoms with Crippen molar-refractivity contribution in [3.05, 3.63) is 34.9 Å². The largest absolute Gasteiger partial charge is 0.356 e. The van der Waals surface area contributed by atoms with Crippen LogP contribution < -0.4 is 5.32 Å². The number of nitrogens with one attached hydrogen (secondary N) is 1. The molecule has 1 aliphatic heterocycles. The second-order valence-corrected chi connectivity index (χ2v) is 7.24. The zero-order valence-electron chi connectivity index (χ0n) is 14.2. The Morgan fingerprint density at radius 1 is 1.08 bits per heavy atom. The van der Waals surface area contributed by atoms with E-state index in [0.717, 1.165) is 31.2 Å². The van der Waals surface area contributed by atoms with Gasteiger partial charge in [0.25, 0.3) is 0 Å². The summed E-state index contributed by atoms with van der Waals surface area (Å²) in [6.07, 6.45) is 4.52. The van der Waals surface area contributed by atoms with E-state index in [1.165, 1.54) is 4.90 Å². The Morgan fingerprint density at radius 3 is 2.28 bits per heavy atom. The summed E-state index contributed by atoms with van der Waals surface area (Å²) in [6.45, 7) is 0.713. The number of rotatable bonds is 6. The standard InChI is InChI=1S/C19H23ClN2O3/c20-14-7-5-13(6-8-14)9-11-21-17(23)10-12-22-18(24)15-3-1-2-4-16(15)19(22)25/h5-8,15-16H,1-4,9-12H2,(H,21,23)/t15-,16-/m1/s1. The molecule has 6 heteroatoms. The first-order valence-electron chi connectivity index (χ1n) is 8.92. The zero-order valence-corrected chi connectivity index (χ0v) is 14.9. The Kier molecular flexibility index (Phi) is 5.74. The van der Waals surface area contributed by atoms with Crippen molar-refractivity contribution in [3.63, 3.8) is 0 Å². The maximum atomic E-state index is 12.4. The molecule has 1 heterocycles. The smallest absolute Gasteiger partial charge is 0.233 e. The molecule has 1 aromatic rings. The summed E-state index contributed by atoms with van der Waals surface area (Å²) in [4.78, 5) is 38.0. The maximum absolute atomic E-state index is 12.4. The number of carbonyl (C=O) groups is 3. The van der Waals surface area contributed by atoms with E-state index in [9.17, 15) is 14.4 Å². The normalized spacial score (nSPS) is 22.8. The van der Waals surface area contributed by atoms with Crippen LogP contribution in [0.2, 0.25) is 5.02 Å². The number of fused-ring (bicyclic) bond motifs is 1. The van der Waals surface area contributed by atoms with Crippen LogP contribution in [0.4, 0.5) is 0 Å². The molecule has 2 aliphatic rings. The highest BCUT2D eigenvalue weighted by atomic mass is 35.5. The molecule has 1 saturated carbocycles. The third-order valence-corrected chi connectivity index (χ3v) is 5.40. The van der Waals surface area contributed by atoms with E-state index < -0.39 is 0 Å². The lowest BCUT2D eigenvalue weighted by molar-refractivity contribution is -0.140. The van der Waals surface area contributed by atoms with Gasteiger partial charge in [0.15, 0.2) is 0 Å². The molecule has 25 heavy (non-hydrogen) atoms. The molecule has 0 spiro atoms. The molecule has 3 amide bonds. The SMILES string of the molecule is O=C(CCN1C(=O)[C@@H]2CCCC[C@H]2C1=O)NCCc1ccc(Cl)cc1. The van der Waals surface area contributed by atoms with Gasteiger partial charge in [-0.2, -0.15) is 0 Å². The first kappa shape index (κ1) is 17.9. The summed E-state index contributed by atoms with van der Waals surface area (Å²) in [5.74, 6) is -0.583. The molecule has 2 fully saturated rings. The minimum atomic E-state index is -0.144. The maximum Gasteiger partial charge on any atom is 0.233 e. The van der Waals surface area contributed by atoms with Gasteiger partial charge in [-0.25, -0.2) is 0 Å². The summed E-state index contributed by atoms with van der Waals surface area (Å²) >= 11 is 5.84. The topological polar surface area (TPSA) is 66.5 Å². The minimum Gasteiger partial charge on any atom is -0.356 e. The number of hydrogen-bond donors (Lipinski definition) is 1. The number of amides is 3. The van der Waals surface area contributed by atoms with Crippen LogP contribution in [0.5, 0.6) is 0 Å². The molecule has 1 aliphatic carbocycles. The minimum absolute atomic E-state index is 0.0799. The monoisotopic (exact) mass is 362 g/mol. The van der Waals surface area contributed by atoms with Crippen LogP contribution in [0.3, 0.4) is 0 Å². The first-order chi connectivity index (χ1) is 12.1. The second kappa shape index (κ2) is 8.00. The Hall–Kier alpha value is -1.88. The molecule has 2 atom stereocenters. The number of imide groups is 1. The number of likely N-dealkylation sites (tertiary alicyclic amines) is 1. The van der Waals surface area contributed by atoms with Crippen molar-refractivity contribution in [2.45, 2.75) is 38.5 Å². The molecule has 0 radical (unpaired) electrons. The lowest BCUT2D eigenvalue weighted by Gasteiger charge is -2.19. The van der Waals surface area contributed by atoms with Crippen molar-refractivity contribution < 1.29 is 14.4 Å². The van der Waals surface area contributed by atoms with E-state index in [1.54, 1.807) is 0 Å². The van der Waals surface area contributed by atoms with Crippen LogP contribution in [0.1, 0.15) is 37.7 Å². The van der Waals surface area contributed by atoms with Crippen molar-refractivity contribution in [3.8, 4) is 0 Å². The van der Waals surface area contributed by atoms with Gasteiger partial charge in [0.05, 0.1) is 11.8 Å². The summed E-state index contributed by atoms with van der Waals surface area (Å²) in [5.41, 5.74) is 1.10. The molecule has 1 saturated heterocycles. The van der Waals surface area contributed by atoms with Gasteiger partial charge in [0.1, 0.15) is 0 Å². The fraction of sp³-hybridized carbons (Fsp3) is 0.526. The number of benzene rings is 1. The van der Waals surface area contributed by atoms with E-state index in [0.29, 0.717) is 18.0 Å². The molecule has 1 N–H and O–H groups in total. The number of carbonyl (C=O) groups excluding carboxylic acids is 3. The third-order valence-electron chi connectivity index (χ3n) is 5.14. The lowest BCUT2D eigenvalue weighted by Crippen LogP contribution is -2.35. The molecule has 134 valence electrons. The Morgan fingerprint density at radius 2 is 1.68 bits per heavy atom. The van der Waals surface area contributed by atoms with Crippen molar-refractivity contribution in [2.75, 3.05) is 13.1 Å². The third kappa shape index (κ3) is 4.21. The molecule has 0 bridgehead atoms. The average molecular weight is 363 g/mol. The summed E-state index contributed by atoms with van der Waals surface area (Å²) < 4.78 is 0. The zero-order chi connectivity index (χ0) is 17.8. The predicted molar refractivity (Wildman–Crippen MR) is 95.0 cm³/mol. The van der Waals surface area contributed by atoms with E-state index in [-0.39, 0.29) is 42.5 Å². The van der Waals surface area contributed by atoms with Crippen LogP contribution in [0.15, 0.2) is 24.3 Å². The van der Waals surface area contributed by atoms with E-state index in [1.807, 2.05) is 24.3 Å². The molecule has 5 nitrogen and oxygen atoms in total. The number of nitrogens with zero attached hydrogens (tertiary/aromatic N) is 1. The fourth-order valence-corrected chi connectivity index (χ4v) is 3.88. The van der Waals surface area contributed by atoms with Gasteiger partial charge in [-0.1, -0.05) is 36.6 Å². The molecule has 0 aromatic heterocycles. The van der Waals surface area contributed by atoms with Crippen molar-refractivity contribution in [1.82, 2.24) is 10.2 Å². The van der Waals surface area contributed by atoms with Crippen molar-refractivity contribution >= 4 is 29.3 Å². The van der Waals surface area contributed by atoms with E-state index in [2.05, 4.69) is 5.32 Å². The quantitative estimate of drug-likeness (QED) is 0.791. The van der Waals surface area contributed by atoms with Crippen LogP contribution >= 0.6 is 11.6 Å². The van der Waals surface area contributed by atoms with Gasteiger partial charge in [0.2, 0.25) is 17.7 Å². The highest BCUT2D eigenvalue weighted by Crippen LogP contribution is 2.37. The van der Waals surface area contributed by atoms with Gasteiger partial charge >= 0.3 is 0 Å². The highest BCUT2D eigenvalue weighted by molar-refractivity contribution is 6.30. The van der Waals surface area contributed by atoms with Crippen molar-refractivity contribution in [2.24, 2.45) is 11.8 Å². The van der Waals surface area contributed by atoms with Crippen LogP contribution in [0, 0.1) is 11.8 Å². The van der Waals surface area contributed by atoms with Gasteiger partial charge in [-0.05, 0) is 37.0 Å². The van der Waals surface area contributed by atoms with Crippen LogP contribution in [0.25, 0.3) is 0 Å². The number of hydrogen-bond acceptors (Lipinski definition) is 3. The predicted octanol–water partition coefficient (Wildman–Crippen LogP) is 2.56. The summed E-state index contributed by atoms with van der Waals surface area (Å²) in [7, 11) is 0. The highest BCUT2D eigenvalue weighted by Gasteiger charge is 2.47. The second-order valence-electron chi connectivity index (χ2n) is 6.80. The fourth-order valence-electron chi connectivity index (χ4n) is 3.75. The molecular weight excluding hydrogens is 340 g/mol.